The van der Waals surface area contributed by atoms with Crippen molar-refractivity contribution in [2.24, 2.45) is 0 Å². The van der Waals surface area contributed by atoms with Gasteiger partial charge in [0.1, 0.15) is 18.3 Å². The van der Waals surface area contributed by atoms with Gasteiger partial charge in [-0.1, -0.05) is 54.4 Å². The molecular formula is C31H38ClN3O5S. The fraction of sp³-hybridized carbons (Fsp3) is 0.355. The summed E-state index contributed by atoms with van der Waals surface area (Å²) in [5.74, 6) is -0.418. The number of aryl methyl sites for hydroxylation is 1. The minimum Gasteiger partial charge on any atom is -0.497 e. The van der Waals surface area contributed by atoms with E-state index in [2.05, 4.69) is 5.32 Å². The molecule has 0 radical (unpaired) electrons. The highest BCUT2D eigenvalue weighted by Gasteiger charge is 2.34. The van der Waals surface area contributed by atoms with Crippen LogP contribution in [-0.2, 0) is 26.2 Å². The molecule has 2 amide bonds. The van der Waals surface area contributed by atoms with Gasteiger partial charge in [-0.05, 0) is 76.1 Å². The van der Waals surface area contributed by atoms with Gasteiger partial charge in [0.25, 0.3) is 10.0 Å². The van der Waals surface area contributed by atoms with E-state index in [9.17, 15) is 18.0 Å². The predicted molar refractivity (Wildman–Crippen MR) is 163 cm³/mol. The Labute approximate surface area is 248 Å². The Bertz CT molecular complexity index is 1450. The smallest absolute Gasteiger partial charge is 0.264 e. The second-order valence-corrected chi connectivity index (χ2v) is 13.1. The standard InChI is InChI=1S/C31H38ClN3O5S/c1-7-28(30(37)33-31(3,4)5)34(20-23-13-15-24(32)16-14-23)29(36)21-35(25-9-8-10-26(19-25)40-6)41(38,39)27-17-11-22(2)12-18-27/h8-19,28H,7,20-21H2,1-6H3,(H,33,37)/t28-/m0/s1. The molecule has 1 N–H and O–H groups in total. The van der Waals surface area contributed by atoms with Crippen molar-refractivity contribution >= 4 is 39.1 Å². The van der Waals surface area contributed by atoms with Crippen molar-refractivity contribution in [3.63, 3.8) is 0 Å². The molecule has 0 heterocycles. The average Bonchev–Trinajstić information content (AvgIpc) is 2.91. The molecular weight excluding hydrogens is 562 g/mol. The molecule has 0 aliphatic carbocycles. The van der Waals surface area contributed by atoms with Crippen LogP contribution in [0.15, 0.2) is 77.7 Å². The lowest BCUT2D eigenvalue weighted by Gasteiger charge is -2.34. The van der Waals surface area contributed by atoms with Gasteiger partial charge in [-0.15, -0.1) is 0 Å². The highest BCUT2D eigenvalue weighted by atomic mass is 35.5. The molecule has 41 heavy (non-hydrogen) atoms. The number of hydrogen-bond donors (Lipinski definition) is 1. The Kier molecular flexibility index (Phi) is 10.4. The van der Waals surface area contributed by atoms with Crippen LogP contribution in [0.4, 0.5) is 5.69 Å². The molecule has 0 aliphatic heterocycles. The molecule has 0 bridgehead atoms. The topological polar surface area (TPSA) is 96.0 Å². The molecule has 0 aliphatic rings. The second-order valence-electron chi connectivity index (χ2n) is 10.8. The van der Waals surface area contributed by atoms with E-state index in [-0.39, 0.29) is 23.0 Å². The summed E-state index contributed by atoms with van der Waals surface area (Å²) in [6.45, 7) is 8.82. The Morgan fingerprint density at radius 2 is 1.63 bits per heavy atom. The van der Waals surface area contributed by atoms with Crippen LogP contribution >= 0.6 is 11.6 Å². The van der Waals surface area contributed by atoms with Crippen molar-refractivity contribution in [3.05, 3.63) is 88.9 Å². The number of carbonyl (C=O) groups is 2. The SMILES string of the molecule is CC[C@@H](C(=O)NC(C)(C)C)N(Cc1ccc(Cl)cc1)C(=O)CN(c1cccc(OC)c1)S(=O)(=O)c1ccc(C)cc1. The lowest BCUT2D eigenvalue weighted by atomic mass is 10.1. The minimum absolute atomic E-state index is 0.0421. The average molecular weight is 600 g/mol. The molecule has 0 unspecified atom stereocenters. The van der Waals surface area contributed by atoms with Gasteiger partial charge in [0.05, 0.1) is 17.7 Å². The van der Waals surface area contributed by atoms with E-state index in [0.29, 0.717) is 17.2 Å². The molecule has 10 heteroatoms. The number of methoxy groups -OCH3 is 1. The molecule has 0 fully saturated rings. The van der Waals surface area contributed by atoms with Crippen molar-refractivity contribution in [1.29, 1.82) is 0 Å². The number of rotatable bonds is 11. The molecule has 8 nitrogen and oxygen atoms in total. The van der Waals surface area contributed by atoms with Crippen molar-refractivity contribution < 1.29 is 22.7 Å². The van der Waals surface area contributed by atoms with Gasteiger partial charge in [-0.3, -0.25) is 13.9 Å². The third-order valence-corrected chi connectivity index (χ3v) is 8.42. The maximum Gasteiger partial charge on any atom is 0.264 e. The van der Waals surface area contributed by atoms with E-state index >= 15 is 0 Å². The van der Waals surface area contributed by atoms with Gasteiger partial charge >= 0.3 is 0 Å². The maximum atomic E-state index is 14.1. The van der Waals surface area contributed by atoms with E-state index < -0.39 is 34.1 Å². The highest BCUT2D eigenvalue weighted by molar-refractivity contribution is 7.92. The number of anilines is 1. The molecule has 3 aromatic carbocycles. The normalized spacial score (nSPS) is 12.4. The van der Waals surface area contributed by atoms with Crippen molar-refractivity contribution in [1.82, 2.24) is 10.2 Å². The number of hydrogen-bond acceptors (Lipinski definition) is 5. The van der Waals surface area contributed by atoms with Gasteiger partial charge in [0.15, 0.2) is 0 Å². The Morgan fingerprint density at radius 3 is 2.20 bits per heavy atom. The van der Waals surface area contributed by atoms with E-state index in [1.54, 1.807) is 60.7 Å². The zero-order chi connectivity index (χ0) is 30.4. The van der Waals surface area contributed by atoms with Crippen LogP contribution in [-0.4, -0.2) is 50.4 Å². The first-order valence-corrected chi connectivity index (χ1v) is 15.2. The van der Waals surface area contributed by atoms with Crippen LogP contribution in [0, 0.1) is 6.92 Å². The zero-order valence-electron chi connectivity index (χ0n) is 24.3. The number of nitrogens with zero attached hydrogens (tertiary/aromatic N) is 2. The molecule has 0 aromatic heterocycles. The Hall–Kier alpha value is -3.56. The van der Waals surface area contributed by atoms with Crippen LogP contribution in [0.25, 0.3) is 0 Å². The van der Waals surface area contributed by atoms with E-state index in [0.717, 1.165) is 15.4 Å². The molecule has 0 spiro atoms. The monoisotopic (exact) mass is 599 g/mol. The third kappa shape index (κ3) is 8.47. The predicted octanol–water partition coefficient (Wildman–Crippen LogP) is 5.57. The lowest BCUT2D eigenvalue weighted by molar-refractivity contribution is -0.141. The summed E-state index contributed by atoms with van der Waals surface area (Å²) in [6.07, 6.45) is 0.325. The molecule has 220 valence electrons. The first-order valence-electron chi connectivity index (χ1n) is 13.3. The maximum absolute atomic E-state index is 14.1. The number of halogens is 1. The molecule has 1 atom stereocenters. The zero-order valence-corrected chi connectivity index (χ0v) is 25.9. The van der Waals surface area contributed by atoms with Crippen molar-refractivity contribution in [2.75, 3.05) is 18.0 Å². The number of nitrogens with one attached hydrogen (secondary N) is 1. The number of amides is 2. The molecule has 0 saturated carbocycles. The number of ether oxygens (including phenoxy) is 1. The Balaban J connectivity index is 2.09. The fourth-order valence-corrected chi connectivity index (χ4v) is 5.82. The summed E-state index contributed by atoms with van der Waals surface area (Å²) in [4.78, 5) is 29.0. The summed E-state index contributed by atoms with van der Waals surface area (Å²) in [5, 5.41) is 3.50. The first-order chi connectivity index (χ1) is 19.2. The van der Waals surface area contributed by atoms with Crippen LogP contribution in [0.2, 0.25) is 5.02 Å². The lowest BCUT2D eigenvalue weighted by Crippen LogP contribution is -2.55. The van der Waals surface area contributed by atoms with E-state index in [1.165, 1.54) is 24.1 Å². The summed E-state index contributed by atoms with van der Waals surface area (Å²) in [7, 11) is -2.69. The number of carbonyl (C=O) groups excluding carboxylic acids is 2. The fourth-order valence-electron chi connectivity index (χ4n) is 4.29. The third-order valence-electron chi connectivity index (χ3n) is 6.38. The summed E-state index contributed by atoms with van der Waals surface area (Å²) < 4.78 is 34.4. The Morgan fingerprint density at radius 1 is 1.00 bits per heavy atom. The summed E-state index contributed by atoms with van der Waals surface area (Å²) >= 11 is 6.07. The van der Waals surface area contributed by atoms with E-state index in [1.807, 2.05) is 34.6 Å². The van der Waals surface area contributed by atoms with Crippen molar-refractivity contribution in [2.45, 2.75) is 64.1 Å². The first kappa shape index (κ1) is 32.0. The van der Waals surface area contributed by atoms with Crippen LogP contribution < -0.4 is 14.4 Å². The van der Waals surface area contributed by atoms with Gasteiger partial charge in [-0.25, -0.2) is 8.42 Å². The summed E-state index contributed by atoms with van der Waals surface area (Å²) in [6, 6.07) is 19.1. The largest absolute Gasteiger partial charge is 0.497 e. The van der Waals surface area contributed by atoms with Gasteiger partial charge < -0.3 is 15.0 Å². The number of sulfonamides is 1. The van der Waals surface area contributed by atoms with E-state index in [4.69, 9.17) is 16.3 Å². The minimum atomic E-state index is -4.17. The molecule has 3 rings (SSSR count). The van der Waals surface area contributed by atoms with Crippen molar-refractivity contribution in [3.8, 4) is 5.75 Å². The van der Waals surface area contributed by atoms with Crippen LogP contribution in [0.5, 0.6) is 5.75 Å². The highest BCUT2D eigenvalue weighted by Crippen LogP contribution is 2.28. The van der Waals surface area contributed by atoms with Crippen LogP contribution in [0.3, 0.4) is 0 Å². The number of benzene rings is 3. The summed E-state index contributed by atoms with van der Waals surface area (Å²) in [5.41, 5.74) is 1.38. The quantitative estimate of drug-likeness (QED) is 0.311. The van der Waals surface area contributed by atoms with Gasteiger partial charge in [-0.2, -0.15) is 0 Å². The second kappa shape index (κ2) is 13.4. The van der Waals surface area contributed by atoms with Gasteiger partial charge in [0.2, 0.25) is 11.8 Å². The molecule has 0 saturated heterocycles. The van der Waals surface area contributed by atoms with Gasteiger partial charge in [0, 0.05) is 23.2 Å². The molecule has 3 aromatic rings. The van der Waals surface area contributed by atoms with Crippen LogP contribution in [0.1, 0.15) is 45.2 Å².